The lowest BCUT2D eigenvalue weighted by atomic mass is 9.84. The van der Waals surface area contributed by atoms with Crippen molar-refractivity contribution >= 4 is 0 Å². The molecule has 1 unspecified atom stereocenters. The van der Waals surface area contributed by atoms with Gasteiger partial charge in [-0.2, -0.15) is 0 Å². The molecule has 3 heteroatoms. The maximum absolute atomic E-state index is 9.58. The van der Waals surface area contributed by atoms with Gasteiger partial charge in [-0.05, 0) is 41.5 Å². The molecule has 0 heterocycles. The van der Waals surface area contributed by atoms with Gasteiger partial charge in [0.05, 0.1) is 19.8 Å². The van der Waals surface area contributed by atoms with E-state index in [-0.39, 0.29) is 18.1 Å². The number of hydrogen-bond donors (Lipinski definition) is 2. The van der Waals surface area contributed by atoms with Gasteiger partial charge in [-0.1, -0.05) is 26.8 Å². The number of rotatable bonds is 5. The quantitative estimate of drug-likeness (QED) is 0.858. The Kier molecular flexibility index (Phi) is 4.16. The molecule has 0 spiro atoms. The van der Waals surface area contributed by atoms with Gasteiger partial charge < -0.3 is 15.2 Å². The van der Waals surface area contributed by atoms with Crippen LogP contribution in [0.15, 0.2) is 18.2 Å². The molecule has 0 aliphatic heterocycles. The van der Waals surface area contributed by atoms with Gasteiger partial charge in [0.25, 0.3) is 0 Å². The molecule has 1 atom stereocenters. The molecule has 0 amide bonds. The fourth-order valence-corrected chi connectivity index (χ4v) is 2.32. The minimum atomic E-state index is 0.0273. The lowest BCUT2D eigenvalue weighted by molar-refractivity contribution is 0.243. The summed E-state index contributed by atoms with van der Waals surface area (Å²) < 4.78 is 5.45. The third-order valence-electron chi connectivity index (χ3n) is 3.63. The first-order valence-electron chi connectivity index (χ1n) is 7.01. The van der Waals surface area contributed by atoms with Crippen LogP contribution in [0.1, 0.15) is 50.8 Å². The van der Waals surface area contributed by atoms with E-state index in [0.717, 1.165) is 11.3 Å². The normalized spacial score (nSPS) is 17.3. The first-order valence-corrected chi connectivity index (χ1v) is 7.01. The highest BCUT2D eigenvalue weighted by molar-refractivity contribution is 5.42. The van der Waals surface area contributed by atoms with Crippen molar-refractivity contribution in [2.75, 3.05) is 13.7 Å². The zero-order valence-corrected chi connectivity index (χ0v) is 12.4. The minimum absolute atomic E-state index is 0.0273. The van der Waals surface area contributed by atoms with E-state index in [9.17, 15) is 5.11 Å². The minimum Gasteiger partial charge on any atom is -0.496 e. The Labute approximate surface area is 116 Å². The fourth-order valence-electron chi connectivity index (χ4n) is 2.32. The van der Waals surface area contributed by atoms with Crippen molar-refractivity contribution in [3.63, 3.8) is 0 Å². The van der Waals surface area contributed by atoms with Crippen LogP contribution in [0.4, 0.5) is 0 Å². The van der Waals surface area contributed by atoms with Crippen LogP contribution < -0.4 is 10.1 Å². The molecule has 2 rings (SSSR count). The first-order chi connectivity index (χ1) is 8.95. The highest BCUT2D eigenvalue weighted by atomic mass is 16.5. The van der Waals surface area contributed by atoms with Crippen molar-refractivity contribution in [3.05, 3.63) is 29.3 Å². The van der Waals surface area contributed by atoms with Gasteiger partial charge >= 0.3 is 0 Å². The molecule has 1 fully saturated rings. The summed E-state index contributed by atoms with van der Waals surface area (Å²) >= 11 is 0. The summed E-state index contributed by atoms with van der Waals surface area (Å²) in [4.78, 5) is 0. The molecule has 3 nitrogen and oxygen atoms in total. The van der Waals surface area contributed by atoms with E-state index in [1.807, 2.05) is 12.1 Å². The largest absolute Gasteiger partial charge is 0.496 e. The number of aliphatic hydroxyl groups excluding tert-OH is 1. The van der Waals surface area contributed by atoms with Crippen molar-refractivity contribution in [1.29, 1.82) is 0 Å². The average Bonchev–Trinajstić information content (AvgIpc) is 3.18. The molecular formula is C16H25NO2. The summed E-state index contributed by atoms with van der Waals surface area (Å²) in [6.07, 6.45) is 2.44. The first kappa shape index (κ1) is 14.4. The lowest BCUT2D eigenvalue weighted by Gasteiger charge is -2.25. The second-order valence-electron chi connectivity index (χ2n) is 6.39. The Bertz CT molecular complexity index is 433. The second-order valence-corrected chi connectivity index (χ2v) is 6.39. The van der Waals surface area contributed by atoms with Crippen LogP contribution in [0.25, 0.3) is 0 Å². The summed E-state index contributed by atoms with van der Waals surface area (Å²) in [6, 6.07) is 6.82. The van der Waals surface area contributed by atoms with Gasteiger partial charge in [0.1, 0.15) is 5.75 Å². The van der Waals surface area contributed by atoms with Crippen LogP contribution in [0, 0.1) is 0 Å². The Hall–Kier alpha value is -1.06. The van der Waals surface area contributed by atoms with Gasteiger partial charge in [-0.25, -0.2) is 0 Å². The molecule has 0 radical (unpaired) electrons. The number of hydrogen-bond acceptors (Lipinski definition) is 3. The molecule has 1 aliphatic rings. The average molecular weight is 263 g/mol. The zero-order valence-electron chi connectivity index (χ0n) is 12.4. The summed E-state index contributed by atoms with van der Waals surface area (Å²) in [5.41, 5.74) is 2.35. The van der Waals surface area contributed by atoms with E-state index in [1.54, 1.807) is 7.11 Å². The van der Waals surface area contributed by atoms with Crippen LogP contribution >= 0.6 is 0 Å². The molecule has 106 valence electrons. The van der Waals surface area contributed by atoms with E-state index in [1.165, 1.54) is 18.4 Å². The van der Waals surface area contributed by atoms with E-state index >= 15 is 0 Å². The second kappa shape index (κ2) is 5.51. The molecular weight excluding hydrogens is 238 g/mol. The number of aliphatic hydroxyl groups is 1. The maximum Gasteiger partial charge on any atom is 0.122 e. The SMILES string of the molecule is COc1ccc(C(CO)NC2CC2)cc1C(C)(C)C. The highest BCUT2D eigenvalue weighted by Gasteiger charge is 2.26. The number of benzene rings is 1. The third kappa shape index (κ3) is 3.48. The van der Waals surface area contributed by atoms with Gasteiger partial charge in [0.2, 0.25) is 0 Å². The molecule has 1 aromatic carbocycles. The number of nitrogens with one attached hydrogen (secondary N) is 1. The lowest BCUT2D eigenvalue weighted by Crippen LogP contribution is -2.26. The van der Waals surface area contributed by atoms with Crippen LogP contribution in [0.2, 0.25) is 0 Å². The predicted molar refractivity (Wildman–Crippen MR) is 77.7 cm³/mol. The van der Waals surface area contributed by atoms with Gasteiger partial charge in [0, 0.05) is 6.04 Å². The molecule has 1 saturated carbocycles. The van der Waals surface area contributed by atoms with Gasteiger partial charge in [-0.3, -0.25) is 0 Å². The van der Waals surface area contributed by atoms with E-state index in [4.69, 9.17) is 4.74 Å². The Morgan fingerprint density at radius 2 is 2.05 bits per heavy atom. The summed E-state index contributed by atoms with van der Waals surface area (Å²) in [7, 11) is 1.70. The van der Waals surface area contributed by atoms with Crippen molar-refractivity contribution in [2.24, 2.45) is 0 Å². The van der Waals surface area contributed by atoms with Crippen LogP contribution in [0.5, 0.6) is 5.75 Å². The summed E-state index contributed by atoms with van der Waals surface area (Å²) in [5, 5.41) is 13.1. The van der Waals surface area contributed by atoms with Crippen LogP contribution in [-0.4, -0.2) is 24.9 Å². The summed E-state index contributed by atoms with van der Waals surface area (Å²) in [6.45, 7) is 6.66. The third-order valence-corrected chi connectivity index (χ3v) is 3.63. The van der Waals surface area contributed by atoms with Crippen LogP contribution in [-0.2, 0) is 5.41 Å². The van der Waals surface area contributed by atoms with E-state index in [2.05, 4.69) is 32.2 Å². The highest BCUT2D eigenvalue weighted by Crippen LogP contribution is 2.34. The predicted octanol–water partition coefficient (Wildman–Crippen LogP) is 2.78. The van der Waals surface area contributed by atoms with Crippen LogP contribution in [0.3, 0.4) is 0 Å². The summed E-state index contributed by atoms with van der Waals surface area (Å²) in [5.74, 6) is 0.916. The standard InChI is InChI=1S/C16H25NO2/c1-16(2,3)13-9-11(5-8-15(13)19-4)14(10-18)17-12-6-7-12/h5,8-9,12,14,17-18H,6-7,10H2,1-4H3. The zero-order chi connectivity index (χ0) is 14.0. The van der Waals surface area contributed by atoms with Crippen molar-refractivity contribution in [3.8, 4) is 5.75 Å². The maximum atomic E-state index is 9.58. The Morgan fingerprint density at radius 3 is 2.53 bits per heavy atom. The number of methoxy groups -OCH3 is 1. The monoisotopic (exact) mass is 263 g/mol. The van der Waals surface area contributed by atoms with Crippen molar-refractivity contribution in [1.82, 2.24) is 5.32 Å². The molecule has 19 heavy (non-hydrogen) atoms. The molecule has 0 aromatic heterocycles. The topological polar surface area (TPSA) is 41.5 Å². The number of ether oxygens (including phenoxy) is 1. The van der Waals surface area contributed by atoms with E-state index in [0.29, 0.717) is 6.04 Å². The van der Waals surface area contributed by atoms with Crippen molar-refractivity contribution < 1.29 is 9.84 Å². The molecule has 2 N–H and O–H groups in total. The molecule has 0 saturated heterocycles. The molecule has 1 aliphatic carbocycles. The Morgan fingerprint density at radius 1 is 1.37 bits per heavy atom. The molecule has 1 aromatic rings. The fraction of sp³-hybridized carbons (Fsp3) is 0.625. The van der Waals surface area contributed by atoms with Gasteiger partial charge in [0.15, 0.2) is 0 Å². The Balaban J connectivity index is 2.29. The van der Waals surface area contributed by atoms with Crippen molar-refractivity contribution in [2.45, 2.75) is 51.1 Å². The van der Waals surface area contributed by atoms with Gasteiger partial charge in [-0.15, -0.1) is 0 Å². The molecule has 0 bridgehead atoms. The van der Waals surface area contributed by atoms with E-state index < -0.39 is 0 Å². The smallest absolute Gasteiger partial charge is 0.122 e.